The third-order valence-electron chi connectivity index (χ3n) is 7.30. The molecule has 2 aliphatic rings. The van der Waals surface area contributed by atoms with Gasteiger partial charge in [0.05, 0.1) is 6.10 Å². The number of para-hydroxylation sites is 1. The molecule has 2 aliphatic carbocycles. The molecule has 0 spiro atoms. The number of rotatable bonds is 9. The summed E-state index contributed by atoms with van der Waals surface area (Å²) in [5.41, 5.74) is 0.889. The van der Waals surface area contributed by atoms with Gasteiger partial charge in [-0.25, -0.2) is 4.39 Å². The van der Waals surface area contributed by atoms with E-state index in [9.17, 15) is 9.50 Å². The third kappa shape index (κ3) is 4.80. The summed E-state index contributed by atoms with van der Waals surface area (Å²) in [6.45, 7) is 2.40. The molecule has 0 radical (unpaired) electrons. The van der Waals surface area contributed by atoms with Gasteiger partial charge in [-0.3, -0.25) is 4.57 Å². The first-order valence-corrected chi connectivity index (χ1v) is 12.8. The van der Waals surface area contributed by atoms with Crippen LogP contribution in [0.4, 0.5) is 4.39 Å². The van der Waals surface area contributed by atoms with Crippen molar-refractivity contribution in [3.05, 3.63) is 71.8 Å². The van der Waals surface area contributed by atoms with Crippen LogP contribution in [0.15, 0.2) is 59.8 Å². The number of nitrogens with zero attached hydrogens (tertiary/aromatic N) is 3. The number of aromatic nitrogens is 3. The number of aliphatic hydroxyl groups excluding tert-OH is 1. The topological polar surface area (TPSA) is 60.2 Å². The van der Waals surface area contributed by atoms with Gasteiger partial charge in [-0.2, -0.15) is 0 Å². The van der Waals surface area contributed by atoms with Crippen molar-refractivity contribution >= 4 is 11.8 Å². The van der Waals surface area contributed by atoms with Crippen molar-refractivity contribution in [3.63, 3.8) is 0 Å². The van der Waals surface area contributed by atoms with Gasteiger partial charge in [0.1, 0.15) is 6.61 Å². The number of benzene rings is 2. The van der Waals surface area contributed by atoms with E-state index in [0.717, 1.165) is 22.6 Å². The molecule has 1 heterocycles. The van der Waals surface area contributed by atoms with E-state index >= 15 is 0 Å². The first kappa shape index (κ1) is 22.4. The lowest BCUT2D eigenvalue weighted by Gasteiger charge is -2.30. The fraction of sp³-hybridized carbons (Fsp3) is 0.462. The van der Waals surface area contributed by atoms with E-state index in [-0.39, 0.29) is 24.2 Å². The summed E-state index contributed by atoms with van der Waals surface area (Å²) in [4.78, 5) is 0. The maximum Gasteiger partial charge on any atom is 0.191 e. The van der Waals surface area contributed by atoms with Gasteiger partial charge in [0.2, 0.25) is 0 Å². The number of fused-ring (bicyclic) bond motifs is 2. The minimum Gasteiger partial charge on any atom is -0.483 e. The minimum atomic E-state index is -0.586. The van der Waals surface area contributed by atoms with Gasteiger partial charge in [0, 0.05) is 11.8 Å². The van der Waals surface area contributed by atoms with Crippen LogP contribution in [0, 0.1) is 23.6 Å². The first-order valence-electron chi connectivity index (χ1n) is 11.8. The Morgan fingerprint density at radius 3 is 2.61 bits per heavy atom. The summed E-state index contributed by atoms with van der Waals surface area (Å²) < 4.78 is 22.0. The zero-order valence-electron chi connectivity index (χ0n) is 18.8. The number of halogens is 1. The Morgan fingerprint density at radius 1 is 1.09 bits per heavy atom. The van der Waals surface area contributed by atoms with Crippen LogP contribution in [0.1, 0.15) is 56.1 Å². The molecule has 0 saturated heterocycles. The Bertz CT molecular complexity index is 1080. The van der Waals surface area contributed by atoms with Crippen LogP contribution in [0.5, 0.6) is 5.75 Å². The highest BCUT2D eigenvalue weighted by Gasteiger charge is 2.43. The molecule has 1 aromatic heterocycles. The highest BCUT2D eigenvalue weighted by Crippen LogP contribution is 2.52. The van der Waals surface area contributed by atoms with Crippen molar-refractivity contribution in [2.24, 2.45) is 17.8 Å². The monoisotopic (exact) mass is 467 g/mol. The summed E-state index contributed by atoms with van der Waals surface area (Å²) in [5, 5.41) is 20.3. The molecule has 0 unspecified atom stereocenters. The minimum absolute atomic E-state index is 0.154. The van der Waals surface area contributed by atoms with Crippen LogP contribution >= 0.6 is 11.8 Å². The van der Waals surface area contributed by atoms with Crippen LogP contribution in [-0.4, -0.2) is 25.6 Å². The highest BCUT2D eigenvalue weighted by molar-refractivity contribution is 7.99. The molecule has 5 atom stereocenters. The average Bonchev–Trinajstić information content (AvgIpc) is 3.58. The summed E-state index contributed by atoms with van der Waals surface area (Å²) in [6.07, 6.45) is 4.64. The second-order valence-corrected chi connectivity index (χ2v) is 10.3. The summed E-state index contributed by atoms with van der Waals surface area (Å²) in [6, 6.07) is 16.3. The molecule has 0 aliphatic heterocycles. The van der Waals surface area contributed by atoms with Gasteiger partial charge in [0.15, 0.2) is 22.5 Å². The second-order valence-electron chi connectivity index (χ2n) is 9.30. The Balaban J connectivity index is 1.36. The molecule has 2 bridgehead atoms. The lowest BCUT2D eigenvalue weighted by molar-refractivity contribution is 0.203. The molecule has 2 aromatic carbocycles. The number of hydrogen-bond acceptors (Lipinski definition) is 5. The predicted molar refractivity (Wildman–Crippen MR) is 127 cm³/mol. The molecule has 2 fully saturated rings. The van der Waals surface area contributed by atoms with Gasteiger partial charge in [-0.1, -0.05) is 60.6 Å². The summed E-state index contributed by atoms with van der Waals surface area (Å²) >= 11 is 1.51. The first-order chi connectivity index (χ1) is 16.1. The standard InChI is InChI=1S/C26H30FN3O2S/c1-17(21-14-18-11-12-20(21)13-18)30-25(15-32-24-10-6-5-9-22(24)27)28-29-26(30)33-16-23(31)19-7-3-2-4-8-19/h2-10,17-18,20-21,23,31H,11-16H2,1H3/t17-,18+,20+,21+,23-/m1/s1. The van der Waals surface area contributed by atoms with E-state index in [2.05, 4.69) is 21.7 Å². The Kier molecular flexibility index (Phi) is 6.69. The van der Waals surface area contributed by atoms with Crippen molar-refractivity contribution in [2.75, 3.05) is 5.75 Å². The maximum atomic E-state index is 14.1. The Morgan fingerprint density at radius 2 is 1.88 bits per heavy atom. The van der Waals surface area contributed by atoms with E-state index in [0.29, 0.717) is 17.5 Å². The van der Waals surface area contributed by atoms with Gasteiger partial charge in [-0.15, -0.1) is 10.2 Å². The van der Waals surface area contributed by atoms with Crippen molar-refractivity contribution in [3.8, 4) is 5.75 Å². The highest BCUT2D eigenvalue weighted by atomic mass is 32.2. The van der Waals surface area contributed by atoms with E-state index in [1.54, 1.807) is 18.2 Å². The third-order valence-corrected chi connectivity index (χ3v) is 8.32. The number of thioether (sulfide) groups is 1. The van der Waals surface area contributed by atoms with Crippen molar-refractivity contribution in [2.45, 2.75) is 56.5 Å². The molecule has 174 valence electrons. The van der Waals surface area contributed by atoms with Gasteiger partial charge in [-0.05, 0) is 61.6 Å². The van der Waals surface area contributed by atoms with Crippen LogP contribution < -0.4 is 4.74 Å². The molecule has 5 rings (SSSR count). The quantitative estimate of drug-likeness (QED) is 0.402. The normalized spacial score (nSPS) is 23.5. The van der Waals surface area contributed by atoms with Crippen LogP contribution in [-0.2, 0) is 6.61 Å². The molecule has 33 heavy (non-hydrogen) atoms. The van der Waals surface area contributed by atoms with E-state index < -0.39 is 6.10 Å². The lowest BCUT2D eigenvalue weighted by atomic mass is 9.84. The number of ether oxygens (including phenoxy) is 1. The molecule has 0 amide bonds. The van der Waals surface area contributed by atoms with Gasteiger partial charge >= 0.3 is 0 Å². The number of hydrogen-bond donors (Lipinski definition) is 1. The largest absolute Gasteiger partial charge is 0.483 e. The summed E-state index contributed by atoms with van der Waals surface area (Å²) in [5.74, 6) is 3.20. The van der Waals surface area contributed by atoms with Crippen molar-refractivity contribution < 1.29 is 14.2 Å². The fourth-order valence-corrected chi connectivity index (χ4v) is 6.63. The van der Waals surface area contributed by atoms with Crippen molar-refractivity contribution in [1.29, 1.82) is 0 Å². The molecule has 7 heteroatoms. The van der Waals surface area contributed by atoms with Gasteiger partial charge < -0.3 is 9.84 Å². The van der Waals surface area contributed by atoms with E-state index in [1.807, 2.05) is 30.3 Å². The second kappa shape index (κ2) is 9.85. The molecule has 1 N–H and O–H groups in total. The van der Waals surface area contributed by atoms with Crippen LogP contribution in [0.25, 0.3) is 0 Å². The molecular formula is C26H30FN3O2S. The van der Waals surface area contributed by atoms with Gasteiger partial charge in [0.25, 0.3) is 0 Å². The lowest BCUT2D eigenvalue weighted by Crippen LogP contribution is -2.24. The van der Waals surface area contributed by atoms with E-state index in [4.69, 9.17) is 4.74 Å². The molecule has 3 aromatic rings. The Labute approximate surface area is 198 Å². The van der Waals surface area contributed by atoms with Crippen LogP contribution in [0.2, 0.25) is 0 Å². The van der Waals surface area contributed by atoms with Crippen molar-refractivity contribution in [1.82, 2.24) is 14.8 Å². The van der Waals surface area contributed by atoms with Crippen LogP contribution in [0.3, 0.4) is 0 Å². The predicted octanol–water partition coefficient (Wildman–Crippen LogP) is 5.82. The average molecular weight is 468 g/mol. The molecule has 2 saturated carbocycles. The number of aliphatic hydroxyl groups is 1. The summed E-state index contributed by atoms with van der Waals surface area (Å²) in [7, 11) is 0. The SMILES string of the molecule is C[C@H]([C@@H]1C[C@H]2CC[C@H]1C2)n1c(COc2ccccc2F)nnc1SC[C@@H](O)c1ccccc1. The Hall–Kier alpha value is -2.38. The smallest absolute Gasteiger partial charge is 0.191 e. The molecule has 5 nitrogen and oxygen atoms in total. The van der Waals surface area contributed by atoms with E-state index in [1.165, 1.54) is 43.5 Å². The molecular weight excluding hydrogens is 437 g/mol. The maximum absolute atomic E-state index is 14.1. The fourth-order valence-electron chi connectivity index (χ4n) is 5.62. The zero-order valence-corrected chi connectivity index (χ0v) is 19.6. The zero-order chi connectivity index (χ0) is 22.8.